The third-order valence-electron chi connectivity index (χ3n) is 16.9. The second kappa shape index (κ2) is 17.9. The summed E-state index contributed by atoms with van der Waals surface area (Å²) in [6.07, 6.45) is 14.5. The number of likely N-dealkylation sites (tertiary alicyclic amines) is 1. The average molecular weight is 832 g/mol. The highest BCUT2D eigenvalue weighted by atomic mass is 16.9. The van der Waals surface area contributed by atoms with Gasteiger partial charge in [-0.2, -0.15) is 0 Å². The van der Waals surface area contributed by atoms with Gasteiger partial charge in [-0.25, -0.2) is 4.79 Å². The fraction of sp³-hybridized carbons (Fsp3) is 0.611. The minimum absolute atomic E-state index is 0.0880. The van der Waals surface area contributed by atoms with Gasteiger partial charge in [-0.15, -0.1) is 0 Å². The van der Waals surface area contributed by atoms with Crippen LogP contribution in [0.1, 0.15) is 128 Å². The predicted molar refractivity (Wildman–Crippen MR) is 241 cm³/mol. The molecule has 1 saturated heterocycles. The Bertz CT molecular complexity index is 1850. The Kier molecular flexibility index (Phi) is 13.0. The van der Waals surface area contributed by atoms with Gasteiger partial charge < -0.3 is 24.1 Å². The number of hydrogen-bond donors (Lipinski definition) is 1. The van der Waals surface area contributed by atoms with E-state index in [1.165, 1.54) is 50.5 Å². The standard InChI is InChI=1S/C54H73NO6/c1-37(2)18-17-19-38(3)46-28-29-47-45-27-26-42-34-44(30-32-51(42,4)48(45)31-33-52(46,47)5)60-50(57)55-36-43(56)35-49(55)54(58-6,59-7)61-53(39-20-11-8-12-21-39,40-22-13-9-14-23-40)41-24-15-10-16-25-41/h8-16,20-26,37-38,43-49,56H,17-19,27-36H2,1-7H3/t38-,43-,44?,45?,46-,47?,48?,49+,51+,52-/m1/s1. The van der Waals surface area contributed by atoms with Gasteiger partial charge in [0, 0.05) is 27.1 Å². The first-order valence-electron chi connectivity index (χ1n) is 23.7. The molecule has 8 rings (SSSR count). The van der Waals surface area contributed by atoms with Gasteiger partial charge in [0.25, 0.3) is 0 Å². The number of aliphatic hydroxyl groups is 1. The van der Waals surface area contributed by atoms with Gasteiger partial charge in [0.15, 0.2) is 0 Å². The molecule has 3 saturated carbocycles. The molecule has 4 unspecified atom stereocenters. The second-order valence-electron chi connectivity index (χ2n) is 20.5. The van der Waals surface area contributed by atoms with Crippen molar-refractivity contribution in [2.24, 2.45) is 46.3 Å². The van der Waals surface area contributed by atoms with Crippen LogP contribution in [0.3, 0.4) is 0 Å². The summed E-state index contributed by atoms with van der Waals surface area (Å²) in [5.74, 6) is 2.90. The predicted octanol–water partition coefficient (Wildman–Crippen LogP) is 11.9. The van der Waals surface area contributed by atoms with Gasteiger partial charge in [-0.05, 0) is 108 Å². The summed E-state index contributed by atoms with van der Waals surface area (Å²) in [6, 6.07) is 29.3. The molecule has 0 spiro atoms. The number of β-amino-alcohol motifs (C(OH)–C–C–N with tert-alkyl or cyclic N) is 1. The topological polar surface area (TPSA) is 77.5 Å². The minimum atomic E-state index is -1.79. The number of methoxy groups -OCH3 is 2. The second-order valence-corrected chi connectivity index (χ2v) is 20.5. The van der Waals surface area contributed by atoms with Crippen molar-refractivity contribution in [1.82, 2.24) is 4.90 Å². The van der Waals surface area contributed by atoms with Gasteiger partial charge >= 0.3 is 12.1 Å². The van der Waals surface area contributed by atoms with E-state index in [4.69, 9.17) is 18.9 Å². The number of carbonyl (C=O) groups is 1. The monoisotopic (exact) mass is 832 g/mol. The molecule has 10 atom stereocenters. The van der Waals surface area contributed by atoms with Gasteiger partial charge in [0.1, 0.15) is 17.7 Å². The van der Waals surface area contributed by atoms with Crippen molar-refractivity contribution in [3.8, 4) is 0 Å². The van der Waals surface area contributed by atoms with Crippen LogP contribution in [-0.4, -0.2) is 61.1 Å². The summed E-state index contributed by atoms with van der Waals surface area (Å²) in [6.45, 7) is 12.6. The van der Waals surface area contributed by atoms with E-state index in [1.807, 2.05) is 91.0 Å². The molecule has 4 fully saturated rings. The Morgan fingerprint density at radius 1 is 0.803 bits per heavy atom. The maximum absolute atomic E-state index is 14.5. The van der Waals surface area contributed by atoms with Crippen LogP contribution >= 0.6 is 0 Å². The van der Waals surface area contributed by atoms with E-state index in [2.05, 4.69) is 40.7 Å². The molecule has 3 aromatic carbocycles. The number of amides is 1. The molecule has 5 aliphatic rings. The number of aliphatic hydroxyl groups excluding tert-OH is 1. The third kappa shape index (κ3) is 8.04. The molecule has 0 radical (unpaired) electrons. The summed E-state index contributed by atoms with van der Waals surface area (Å²) in [4.78, 5) is 16.1. The fourth-order valence-electron chi connectivity index (χ4n) is 13.7. The van der Waals surface area contributed by atoms with E-state index in [-0.39, 0.29) is 24.5 Å². The van der Waals surface area contributed by atoms with Crippen molar-refractivity contribution >= 4 is 6.09 Å². The number of carbonyl (C=O) groups excluding carboxylic acids is 1. The SMILES string of the molecule is COC(OC)(OC(c1ccccc1)(c1ccccc1)c1ccccc1)[C@@H]1C[C@@H](O)CN1C(=O)OC1CC[C@@]2(C)C(=CCC3C2CC[C@@]2(C)C3CC[C@@H]2[C@H](C)CCCC(C)C)C1. The van der Waals surface area contributed by atoms with Crippen molar-refractivity contribution in [2.75, 3.05) is 20.8 Å². The fourth-order valence-corrected chi connectivity index (χ4v) is 13.7. The molecule has 7 heteroatoms. The van der Waals surface area contributed by atoms with E-state index in [9.17, 15) is 9.90 Å². The summed E-state index contributed by atoms with van der Waals surface area (Å²) in [5.41, 5.74) is 3.48. The van der Waals surface area contributed by atoms with Gasteiger partial charge in [0.05, 0.1) is 12.6 Å². The van der Waals surface area contributed by atoms with Crippen molar-refractivity contribution in [3.63, 3.8) is 0 Å². The molecule has 61 heavy (non-hydrogen) atoms. The highest BCUT2D eigenvalue weighted by Gasteiger charge is 2.60. The molecule has 0 bridgehead atoms. The van der Waals surface area contributed by atoms with E-state index in [1.54, 1.807) is 19.1 Å². The van der Waals surface area contributed by atoms with Crippen LogP contribution in [0.2, 0.25) is 0 Å². The zero-order chi connectivity index (χ0) is 43.0. The largest absolute Gasteiger partial charge is 0.446 e. The quantitative estimate of drug-likeness (QED) is 0.0990. The summed E-state index contributed by atoms with van der Waals surface area (Å²) >= 11 is 0. The van der Waals surface area contributed by atoms with E-state index in [0.29, 0.717) is 11.3 Å². The van der Waals surface area contributed by atoms with Gasteiger partial charge in [-0.3, -0.25) is 4.90 Å². The molecular formula is C54H73NO6. The molecular weight excluding hydrogens is 759 g/mol. The number of rotatable bonds is 14. The van der Waals surface area contributed by atoms with E-state index >= 15 is 0 Å². The van der Waals surface area contributed by atoms with Gasteiger partial charge in [0.2, 0.25) is 0 Å². The van der Waals surface area contributed by atoms with E-state index < -0.39 is 29.8 Å². The van der Waals surface area contributed by atoms with Crippen molar-refractivity contribution in [2.45, 2.75) is 141 Å². The lowest BCUT2D eigenvalue weighted by Crippen LogP contribution is -2.59. The first-order valence-corrected chi connectivity index (χ1v) is 23.7. The van der Waals surface area contributed by atoms with Gasteiger partial charge in [-0.1, -0.05) is 157 Å². The Labute approximate surface area is 366 Å². The molecule has 330 valence electrons. The summed E-state index contributed by atoms with van der Waals surface area (Å²) in [5, 5.41) is 11.3. The van der Waals surface area contributed by atoms with Crippen LogP contribution in [0.15, 0.2) is 103 Å². The zero-order valence-corrected chi connectivity index (χ0v) is 38.1. The average Bonchev–Trinajstić information content (AvgIpc) is 3.85. The molecule has 1 heterocycles. The number of fused-ring (bicyclic) bond motifs is 5. The maximum atomic E-state index is 14.5. The van der Waals surface area contributed by atoms with E-state index in [0.717, 1.165) is 72.0 Å². The Morgan fingerprint density at radius 2 is 1.41 bits per heavy atom. The minimum Gasteiger partial charge on any atom is -0.446 e. The lowest BCUT2D eigenvalue weighted by Gasteiger charge is -2.58. The van der Waals surface area contributed by atoms with Crippen molar-refractivity contribution in [3.05, 3.63) is 119 Å². The Balaban J connectivity index is 1.01. The lowest BCUT2D eigenvalue weighted by atomic mass is 9.47. The first-order chi connectivity index (χ1) is 29.4. The van der Waals surface area contributed by atoms with Crippen LogP contribution < -0.4 is 0 Å². The molecule has 3 aromatic rings. The Morgan fingerprint density at radius 3 is 1.98 bits per heavy atom. The maximum Gasteiger partial charge on any atom is 0.410 e. The van der Waals surface area contributed by atoms with Crippen molar-refractivity contribution < 1.29 is 28.8 Å². The number of benzene rings is 3. The van der Waals surface area contributed by atoms with Crippen LogP contribution in [-0.2, 0) is 24.5 Å². The molecule has 7 nitrogen and oxygen atoms in total. The third-order valence-corrected chi connectivity index (χ3v) is 16.9. The normalized spacial score (nSPS) is 31.9. The molecule has 0 aromatic heterocycles. The van der Waals surface area contributed by atoms with Crippen molar-refractivity contribution in [1.29, 1.82) is 0 Å². The molecule has 1 amide bonds. The Hall–Kier alpha value is -3.49. The van der Waals surface area contributed by atoms with Crippen LogP contribution in [0, 0.1) is 46.3 Å². The number of nitrogens with zero attached hydrogens (tertiary/aromatic N) is 1. The number of hydrogen-bond acceptors (Lipinski definition) is 6. The van der Waals surface area contributed by atoms with Crippen LogP contribution in [0.4, 0.5) is 4.79 Å². The molecule has 1 N–H and O–H groups in total. The molecule has 4 aliphatic carbocycles. The molecule has 1 aliphatic heterocycles. The number of ether oxygens (including phenoxy) is 4. The summed E-state index contributed by atoms with van der Waals surface area (Å²) in [7, 11) is 3.09. The van der Waals surface area contributed by atoms with Crippen LogP contribution in [0.5, 0.6) is 0 Å². The highest BCUT2D eigenvalue weighted by Crippen LogP contribution is 2.67. The summed E-state index contributed by atoms with van der Waals surface area (Å²) < 4.78 is 26.5. The highest BCUT2D eigenvalue weighted by molar-refractivity contribution is 5.69. The number of allylic oxidation sites excluding steroid dienone is 1. The zero-order valence-electron chi connectivity index (χ0n) is 38.1. The van der Waals surface area contributed by atoms with Crippen LogP contribution in [0.25, 0.3) is 0 Å². The smallest absolute Gasteiger partial charge is 0.410 e. The lowest BCUT2D eigenvalue weighted by molar-refractivity contribution is -0.405. The first kappa shape index (κ1) is 44.1.